The third-order valence-corrected chi connectivity index (χ3v) is 9.47. The molecule has 9 heteroatoms. The number of aromatic hydroxyl groups is 1. The van der Waals surface area contributed by atoms with E-state index in [-0.39, 0.29) is 29.6 Å². The Balaban J connectivity index is 2.07. The Morgan fingerprint density at radius 1 is 1.06 bits per heavy atom. The van der Waals surface area contributed by atoms with E-state index in [1.807, 2.05) is 26.8 Å². The van der Waals surface area contributed by atoms with Gasteiger partial charge in [0.05, 0.1) is 36.4 Å². The lowest BCUT2D eigenvalue weighted by molar-refractivity contribution is -0.180. The van der Waals surface area contributed by atoms with Gasteiger partial charge in [-0.2, -0.15) is 0 Å². The third-order valence-electron chi connectivity index (χ3n) is 9.47. The molecule has 0 unspecified atom stereocenters. The molecule has 10 atom stereocenters. The van der Waals surface area contributed by atoms with Crippen molar-refractivity contribution in [1.29, 1.82) is 0 Å². The van der Waals surface area contributed by atoms with Crippen molar-refractivity contribution in [2.45, 2.75) is 130 Å². The van der Waals surface area contributed by atoms with Crippen LogP contribution in [-0.2, 0) is 10.2 Å². The molecular weight excluding hydrogens is 600 g/mol. The molecule has 0 amide bonds. The van der Waals surface area contributed by atoms with E-state index in [1.54, 1.807) is 26.0 Å². The molecule has 2 rings (SSSR count). The second-order valence-electron chi connectivity index (χ2n) is 14.4. The number of rotatable bonds is 16. The summed E-state index contributed by atoms with van der Waals surface area (Å²) >= 11 is 0. The van der Waals surface area contributed by atoms with E-state index in [1.165, 1.54) is 24.5 Å². The number of hydrogen-bond donors (Lipinski definition) is 6. The molecule has 266 valence electrons. The minimum absolute atomic E-state index is 0.00724. The van der Waals surface area contributed by atoms with Gasteiger partial charge in [0.15, 0.2) is 0 Å². The van der Waals surface area contributed by atoms with E-state index in [9.17, 15) is 35.4 Å². The highest BCUT2D eigenvalue weighted by atomic mass is 16.5. The van der Waals surface area contributed by atoms with Crippen LogP contribution in [-0.4, -0.2) is 67.8 Å². The van der Waals surface area contributed by atoms with Crippen LogP contribution in [0.5, 0.6) is 5.75 Å². The molecule has 1 aliphatic rings. The molecule has 9 nitrogen and oxygen atoms in total. The van der Waals surface area contributed by atoms with Gasteiger partial charge in [-0.25, -0.2) is 4.79 Å². The van der Waals surface area contributed by atoms with Gasteiger partial charge in [-0.3, -0.25) is 0 Å². The second kappa shape index (κ2) is 18.3. The van der Waals surface area contributed by atoms with Gasteiger partial charge in [-0.15, -0.1) is 0 Å². The molecule has 1 aromatic heterocycles. The predicted molar refractivity (Wildman–Crippen MR) is 185 cm³/mol. The molecule has 0 aliphatic carbocycles. The second-order valence-corrected chi connectivity index (χ2v) is 14.4. The lowest BCUT2D eigenvalue weighted by Crippen LogP contribution is -2.46. The van der Waals surface area contributed by atoms with Crippen molar-refractivity contribution in [2.75, 3.05) is 6.61 Å². The van der Waals surface area contributed by atoms with Gasteiger partial charge in [0.25, 0.3) is 0 Å². The van der Waals surface area contributed by atoms with Crippen LogP contribution in [0.3, 0.4) is 0 Å². The molecule has 0 spiro atoms. The maximum Gasteiger partial charge on any atom is 0.345 e. The van der Waals surface area contributed by atoms with Gasteiger partial charge in [0, 0.05) is 18.4 Å². The van der Waals surface area contributed by atoms with Crippen LogP contribution in [0.15, 0.2) is 62.9 Å². The monoisotopic (exact) mass is 660 g/mol. The number of hydrogen-bond acceptors (Lipinski definition) is 9. The average molecular weight is 661 g/mol. The third kappa shape index (κ3) is 11.5. The summed E-state index contributed by atoms with van der Waals surface area (Å²) in [5.41, 5.74) is -0.423. The van der Waals surface area contributed by atoms with Crippen LogP contribution in [0, 0.1) is 23.7 Å². The van der Waals surface area contributed by atoms with Gasteiger partial charge in [0.2, 0.25) is 0 Å². The summed E-state index contributed by atoms with van der Waals surface area (Å²) in [6.07, 6.45) is 8.23. The molecule has 2 heterocycles. The van der Waals surface area contributed by atoms with Crippen molar-refractivity contribution < 1.29 is 39.8 Å². The summed E-state index contributed by atoms with van der Waals surface area (Å²) in [7, 11) is 0. The minimum atomic E-state index is -1.51. The van der Waals surface area contributed by atoms with Crippen molar-refractivity contribution in [3.8, 4) is 5.75 Å². The number of allylic oxidation sites excluding steroid dienone is 6. The first-order valence-corrected chi connectivity index (χ1v) is 17.0. The van der Waals surface area contributed by atoms with Crippen molar-refractivity contribution in [1.82, 2.24) is 0 Å². The first-order valence-electron chi connectivity index (χ1n) is 17.0. The predicted octanol–water partition coefficient (Wildman–Crippen LogP) is 5.63. The molecule has 47 heavy (non-hydrogen) atoms. The molecule has 0 radical (unpaired) electrons. The fourth-order valence-corrected chi connectivity index (χ4v) is 6.08. The fourth-order valence-electron chi connectivity index (χ4n) is 6.08. The van der Waals surface area contributed by atoms with Crippen molar-refractivity contribution in [3.05, 3.63) is 75.4 Å². The highest BCUT2D eigenvalue weighted by Gasteiger charge is 2.41. The van der Waals surface area contributed by atoms with Gasteiger partial charge in [-0.1, -0.05) is 88.6 Å². The largest absolute Gasteiger partial charge is 0.507 e. The first-order chi connectivity index (χ1) is 21.9. The Hall–Kier alpha value is -2.53. The van der Waals surface area contributed by atoms with Gasteiger partial charge in [0.1, 0.15) is 29.3 Å². The van der Waals surface area contributed by atoms with E-state index in [4.69, 9.17) is 9.15 Å². The molecular formula is C38H60O9. The van der Waals surface area contributed by atoms with Crippen LogP contribution < -0.4 is 5.63 Å². The van der Waals surface area contributed by atoms with E-state index in [0.717, 1.165) is 12.0 Å². The average Bonchev–Trinajstić information content (AvgIpc) is 3.00. The lowest BCUT2D eigenvalue weighted by Gasteiger charge is -2.36. The van der Waals surface area contributed by atoms with Crippen molar-refractivity contribution in [3.63, 3.8) is 0 Å². The first kappa shape index (κ1) is 40.6. The zero-order valence-electron chi connectivity index (χ0n) is 29.8. The lowest BCUT2D eigenvalue weighted by atomic mass is 9.82. The topological polar surface area (TPSA) is 161 Å². The Morgan fingerprint density at radius 2 is 1.70 bits per heavy atom. The van der Waals surface area contributed by atoms with Crippen LogP contribution in [0.25, 0.3) is 0 Å². The van der Waals surface area contributed by atoms with E-state index < -0.39 is 60.0 Å². The standard InChI is InChI=1S/C38H60O9/c1-10-22(2)16-25(5)17-23(3)12-11-13-26(6)34(43)27(7)18-24(4)14-15-31(42)38(8,9)32-20-29(40)33(37(45)47-32)36-35(44)30(41)19-28(21-39)46-36/h11-12,14-15,17-18,20,22,25-28,30-31,34-36,39-44H,10,13,16,19,21H2,1-9H3/b12-11+,15-14+,23-17+,24-18+/t22-,25+,26-,27-,28+,30+,31-,34-,35-,36+/m0/s1. The Kier molecular flexibility index (Phi) is 15.8. The summed E-state index contributed by atoms with van der Waals surface area (Å²) in [5.74, 6) is 0.643. The highest BCUT2D eigenvalue weighted by molar-refractivity contribution is 5.36. The van der Waals surface area contributed by atoms with E-state index >= 15 is 0 Å². The van der Waals surface area contributed by atoms with Crippen molar-refractivity contribution >= 4 is 0 Å². The molecule has 1 fully saturated rings. The summed E-state index contributed by atoms with van der Waals surface area (Å²) < 4.78 is 11.0. The SMILES string of the molecule is CC[C@H](C)C[C@@H](C)/C=C(C)/C=C/C[C@H](C)[C@H](O)[C@@H](C)/C=C(C)/C=C/[C@H](O)C(C)(C)c1cc(O)c([C@H]2O[C@@H](CO)C[C@@H](O)[C@@H]2O)c(=O)o1. The molecule has 1 saturated heterocycles. The van der Waals surface area contributed by atoms with Crippen LogP contribution >= 0.6 is 0 Å². The number of aliphatic hydroxyl groups is 5. The molecule has 1 aliphatic heterocycles. The Labute approximate surface area is 281 Å². The van der Waals surface area contributed by atoms with Gasteiger partial charge < -0.3 is 39.8 Å². The van der Waals surface area contributed by atoms with Crippen LogP contribution in [0.4, 0.5) is 0 Å². The summed E-state index contributed by atoms with van der Waals surface area (Å²) in [6, 6.07) is 1.20. The van der Waals surface area contributed by atoms with Crippen molar-refractivity contribution in [2.24, 2.45) is 23.7 Å². The van der Waals surface area contributed by atoms with Gasteiger partial charge in [-0.05, 0) is 58.3 Å². The Morgan fingerprint density at radius 3 is 2.30 bits per heavy atom. The molecule has 0 aromatic carbocycles. The fraction of sp³-hybridized carbons (Fsp3) is 0.658. The van der Waals surface area contributed by atoms with Crippen LogP contribution in [0.1, 0.15) is 105 Å². The molecule has 6 N–H and O–H groups in total. The zero-order valence-corrected chi connectivity index (χ0v) is 29.8. The summed E-state index contributed by atoms with van der Waals surface area (Å²) in [5, 5.41) is 62.8. The smallest absolute Gasteiger partial charge is 0.345 e. The zero-order chi connectivity index (χ0) is 35.6. The minimum Gasteiger partial charge on any atom is -0.507 e. The van der Waals surface area contributed by atoms with Gasteiger partial charge >= 0.3 is 5.63 Å². The highest BCUT2D eigenvalue weighted by Crippen LogP contribution is 2.37. The quantitative estimate of drug-likeness (QED) is 0.124. The Bertz CT molecular complexity index is 1310. The summed E-state index contributed by atoms with van der Waals surface area (Å²) in [4.78, 5) is 13.0. The molecule has 0 saturated carbocycles. The maximum absolute atomic E-state index is 13.0. The molecule has 1 aromatic rings. The maximum atomic E-state index is 13.0. The van der Waals surface area contributed by atoms with E-state index in [0.29, 0.717) is 11.8 Å². The number of aliphatic hydroxyl groups excluding tert-OH is 5. The normalized spacial score (nSPS) is 25.6. The van der Waals surface area contributed by atoms with E-state index in [2.05, 4.69) is 45.9 Å². The number of ether oxygens (including phenoxy) is 1. The molecule has 0 bridgehead atoms. The van der Waals surface area contributed by atoms with Crippen LogP contribution in [0.2, 0.25) is 0 Å². The summed E-state index contributed by atoms with van der Waals surface area (Å²) in [6.45, 7) is 17.6.